The fourth-order valence-electron chi connectivity index (χ4n) is 1.89. The van der Waals surface area contributed by atoms with Crippen LogP contribution in [0.3, 0.4) is 0 Å². The van der Waals surface area contributed by atoms with Crippen molar-refractivity contribution in [2.24, 2.45) is 5.92 Å². The van der Waals surface area contributed by atoms with Crippen molar-refractivity contribution in [3.63, 3.8) is 0 Å². The average molecular weight is 246 g/mol. The summed E-state index contributed by atoms with van der Waals surface area (Å²) >= 11 is 0. The van der Waals surface area contributed by atoms with Gasteiger partial charge in [-0.2, -0.15) is 0 Å². The molecule has 0 saturated carbocycles. The summed E-state index contributed by atoms with van der Waals surface area (Å²) in [5, 5.41) is 11.9. The Morgan fingerprint density at radius 3 is 2.72 bits per heavy atom. The van der Waals surface area contributed by atoms with E-state index in [2.05, 4.69) is 49.4 Å². The molecule has 0 aliphatic carbocycles. The minimum Gasteiger partial charge on any atom is -0.312 e. The Labute approximate surface area is 108 Å². The lowest BCUT2D eigenvalue weighted by atomic mass is 10.1. The summed E-state index contributed by atoms with van der Waals surface area (Å²) in [4.78, 5) is 0. The molecule has 4 nitrogen and oxygen atoms in total. The fourth-order valence-corrected chi connectivity index (χ4v) is 1.89. The van der Waals surface area contributed by atoms with Gasteiger partial charge in [0.05, 0.1) is 5.52 Å². The van der Waals surface area contributed by atoms with Crippen LogP contribution < -0.4 is 5.32 Å². The van der Waals surface area contributed by atoms with Crippen molar-refractivity contribution < 1.29 is 0 Å². The largest absolute Gasteiger partial charge is 0.312 e. The van der Waals surface area contributed by atoms with E-state index in [0.717, 1.165) is 24.1 Å². The van der Waals surface area contributed by atoms with Gasteiger partial charge >= 0.3 is 0 Å². The van der Waals surface area contributed by atoms with E-state index in [9.17, 15) is 0 Å². The highest BCUT2D eigenvalue weighted by atomic mass is 15.4. The molecule has 0 saturated heterocycles. The molecule has 0 fully saturated rings. The van der Waals surface area contributed by atoms with Gasteiger partial charge < -0.3 is 5.32 Å². The van der Waals surface area contributed by atoms with E-state index >= 15 is 0 Å². The smallest absolute Gasteiger partial charge is 0.113 e. The van der Waals surface area contributed by atoms with Gasteiger partial charge in [-0.3, -0.25) is 0 Å². The summed E-state index contributed by atoms with van der Waals surface area (Å²) in [6.45, 7) is 10.7. The number of benzene rings is 1. The molecule has 4 heteroatoms. The van der Waals surface area contributed by atoms with Gasteiger partial charge in [0.1, 0.15) is 5.52 Å². The van der Waals surface area contributed by atoms with Gasteiger partial charge in [-0.05, 0) is 45.4 Å². The van der Waals surface area contributed by atoms with E-state index < -0.39 is 0 Å². The number of nitrogens with zero attached hydrogens (tertiary/aromatic N) is 3. The lowest BCUT2D eigenvalue weighted by Crippen LogP contribution is -2.39. The van der Waals surface area contributed by atoms with Crippen molar-refractivity contribution in [3.05, 3.63) is 24.3 Å². The van der Waals surface area contributed by atoms with E-state index in [1.54, 1.807) is 0 Å². The second-order valence-electron chi connectivity index (χ2n) is 6.00. The van der Waals surface area contributed by atoms with Crippen LogP contribution >= 0.6 is 0 Å². The molecule has 0 amide bonds. The maximum Gasteiger partial charge on any atom is 0.113 e. The van der Waals surface area contributed by atoms with E-state index in [1.807, 2.05) is 22.9 Å². The molecule has 0 radical (unpaired) electrons. The summed E-state index contributed by atoms with van der Waals surface area (Å²) in [5.41, 5.74) is 2.24. The van der Waals surface area contributed by atoms with E-state index in [-0.39, 0.29) is 5.54 Å². The number of rotatable bonds is 4. The Kier molecular flexibility index (Phi) is 3.66. The molecular weight excluding hydrogens is 224 g/mol. The van der Waals surface area contributed by atoms with Gasteiger partial charge in [0, 0.05) is 12.1 Å². The third-order valence-electron chi connectivity index (χ3n) is 2.89. The van der Waals surface area contributed by atoms with Gasteiger partial charge in [-0.1, -0.05) is 24.3 Å². The molecule has 1 aromatic heterocycles. The summed E-state index contributed by atoms with van der Waals surface area (Å²) in [5.74, 6) is 0.523. The first-order valence-electron chi connectivity index (χ1n) is 6.49. The number of hydrogen-bond donors (Lipinski definition) is 1. The van der Waals surface area contributed by atoms with E-state index in [0.29, 0.717) is 5.92 Å². The summed E-state index contributed by atoms with van der Waals surface area (Å²) in [7, 11) is 0. The minimum absolute atomic E-state index is 0.165. The lowest BCUT2D eigenvalue weighted by Gasteiger charge is -2.23. The third kappa shape index (κ3) is 3.29. The molecule has 0 aliphatic heterocycles. The molecule has 1 aromatic carbocycles. The van der Waals surface area contributed by atoms with Gasteiger partial charge in [-0.15, -0.1) is 5.10 Å². The van der Waals surface area contributed by atoms with Crippen molar-refractivity contribution in [2.45, 2.75) is 39.8 Å². The zero-order chi connectivity index (χ0) is 13.2. The molecule has 2 rings (SSSR count). The molecule has 98 valence electrons. The SMILES string of the molecule is CC(CNC(C)(C)C)Cn1nnc2ccccc21. The van der Waals surface area contributed by atoms with Crippen LogP contribution in [0.4, 0.5) is 0 Å². The number of para-hydroxylation sites is 1. The van der Waals surface area contributed by atoms with E-state index in [1.165, 1.54) is 0 Å². The minimum atomic E-state index is 0.165. The fraction of sp³-hybridized carbons (Fsp3) is 0.571. The molecule has 2 aromatic rings. The monoisotopic (exact) mass is 246 g/mol. The van der Waals surface area contributed by atoms with Crippen molar-refractivity contribution >= 4 is 11.0 Å². The highest BCUT2D eigenvalue weighted by molar-refractivity contribution is 5.73. The number of fused-ring (bicyclic) bond motifs is 1. The van der Waals surface area contributed by atoms with Gasteiger partial charge in [0.15, 0.2) is 0 Å². The molecule has 1 N–H and O–H groups in total. The van der Waals surface area contributed by atoms with Crippen LogP contribution in [0.1, 0.15) is 27.7 Å². The van der Waals surface area contributed by atoms with Crippen molar-refractivity contribution in [1.29, 1.82) is 0 Å². The number of hydrogen-bond acceptors (Lipinski definition) is 3. The highest BCUT2D eigenvalue weighted by Gasteiger charge is 2.12. The summed E-state index contributed by atoms with van der Waals surface area (Å²) in [6.07, 6.45) is 0. The average Bonchev–Trinajstić information content (AvgIpc) is 2.70. The predicted molar refractivity (Wildman–Crippen MR) is 74.4 cm³/mol. The van der Waals surface area contributed by atoms with Crippen LogP contribution in [0.15, 0.2) is 24.3 Å². The molecular formula is C14H22N4. The Bertz CT molecular complexity index is 510. The Hall–Kier alpha value is -1.42. The van der Waals surface area contributed by atoms with Crippen LogP contribution in [0.2, 0.25) is 0 Å². The number of aromatic nitrogens is 3. The molecule has 1 heterocycles. The summed E-state index contributed by atoms with van der Waals surface area (Å²) in [6, 6.07) is 8.09. The van der Waals surface area contributed by atoms with Gasteiger partial charge in [0.2, 0.25) is 0 Å². The zero-order valence-electron chi connectivity index (χ0n) is 11.6. The maximum absolute atomic E-state index is 4.22. The van der Waals surface area contributed by atoms with Crippen molar-refractivity contribution in [1.82, 2.24) is 20.3 Å². The topological polar surface area (TPSA) is 42.7 Å². The third-order valence-corrected chi connectivity index (χ3v) is 2.89. The molecule has 0 aliphatic rings. The zero-order valence-corrected chi connectivity index (χ0v) is 11.6. The quantitative estimate of drug-likeness (QED) is 0.901. The summed E-state index contributed by atoms with van der Waals surface area (Å²) < 4.78 is 1.99. The Morgan fingerprint density at radius 1 is 1.28 bits per heavy atom. The highest BCUT2D eigenvalue weighted by Crippen LogP contribution is 2.12. The molecule has 1 unspecified atom stereocenters. The first-order valence-corrected chi connectivity index (χ1v) is 6.49. The molecule has 1 atom stereocenters. The standard InChI is InChI=1S/C14H22N4/c1-11(9-15-14(2,3)4)10-18-13-8-6-5-7-12(13)16-17-18/h5-8,11,15H,9-10H2,1-4H3. The van der Waals surface area contributed by atoms with Crippen LogP contribution in [0, 0.1) is 5.92 Å². The lowest BCUT2D eigenvalue weighted by molar-refractivity contribution is 0.352. The Morgan fingerprint density at radius 2 is 2.00 bits per heavy atom. The number of nitrogens with one attached hydrogen (secondary N) is 1. The van der Waals surface area contributed by atoms with Crippen molar-refractivity contribution in [2.75, 3.05) is 6.54 Å². The first-order chi connectivity index (χ1) is 8.46. The molecule has 0 bridgehead atoms. The van der Waals surface area contributed by atoms with Crippen LogP contribution in [0.25, 0.3) is 11.0 Å². The van der Waals surface area contributed by atoms with Crippen LogP contribution in [0.5, 0.6) is 0 Å². The maximum atomic E-state index is 4.22. The first kappa shape index (κ1) is 13.0. The Balaban J connectivity index is 2.01. The second-order valence-corrected chi connectivity index (χ2v) is 6.00. The predicted octanol–water partition coefficient (Wildman–Crippen LogP) is 2.46. The van der Waals surface area contributed by atoms with Crippen molar-refractivity contribution in [3.8, 4) is 0 Å². The van der Waals surface area contributed by atoms with Gasteiger partial charge in [0.25, 0.3) is 0 Å². The normalized spacial score (nSPS) is 14.0. The van der Waals surface area contributed by atoms with Gasteiger partial charge in [-0.25, -0.2) is 4.68 Å². The molecule has 0 spiro atoms. The van der Waals surface area contributed by atoms with Crippen LogP contribution in [-0.4, -0.2) is 27.1 Å². The van der Waals surface area contributed by atoms with E-state index in [4.69, 9.17) is 0 Å². The molecule has 18 heavy (non-hydrogen) atoms. The van der Waals surface area contributed by atoms with Crippen LogP contribution in [-0.2, 0) is 6.54 Å². The second kappa shape index (κ2) is 5.06.